The van der Waals surface area contributed by atoms with E-state index in [2.05, 4.69) is 5.32 Å². The lowest BCUT2D eigenvalue weighted by Crippen LogP contribution is -2.42. The van der Waals surface area contributed by atoms with E-state index in [1.165, 1.54) is 16.4 Å². The van der Waals surface area contributed by atoms with E-state index in [0.717, 1.165) is 19.3 Å². The summed E-state index contributed by atoms with van der Waals surface area (Å²) in [7, 11) is -3.63. The van der Waals surface area contributed by atoms with Crippen LogP contribution in [0.25, 0.3) is 0 Å². The quantitative estimate of drug-likeness (QED) is 0.602. The molecule has 0 radical (unpaired) electrons. The van der Waals surface area contributed by atoms with Crippen molar-refractivity contribution < 1.29 is 22.7 Å². The Balaban J connectivity index is 1.73. The van der Waals surface area contributed by atoms with Crippen LogP contribution in [0.4, 0.5) is 5.69 Å². The van der Waals surface area contributed by atoms with Crippen LogP contribution in [0.3, 0.4) is 0 Å². The molecule has 32 heavy (non-hydrogen) atoms. The minimum absolute atomic E-state index is 0.136. The second-order valence-electron chi connectivity index (χ2n) is 8.79. The molecule has 3 N–H and O–H groups in total. The average Bonchev–Trinajstić information content (AvgIpc) is 2.75. The summed E-state index contributed by atoms with van der Waals surface area (Å²) in [6.45, 7) is 6.13. The van der Waals surface area contributed by atoms with Gasteiger partial charge in [-0.15, -0.1) is 0 Å². The number of benzene rings is 1. The lowest BCUT2D eigenvalue weighted by atomic mass is 9.96. The summed E-state index contributed by atoms with van der Waals surface area (Å²) in [6, 6.07) is 4.62. The molecule has 9 nitrogen and oxygen atoms in total. The maximum atomic E-state index is 13.1. The lowest BCUT2D eigenvalue weighted by Gasteiger charge is -2.30. The molecule has 2 aliphatic heterocycles. The molecular weight excluding hydrogens is 432 g/mol. The number of amides is 2. The third-order valence-electron chi connectivity index (χ3n) is 5.90. The van der Waals surface area contributed by atoms with Gasteiger partial charge in [-0.3, -0.25) is 14.5 Å². The lowest BCUT2D eigenvalue weighted by molar-refractivity contribution is -0.123. The molecule has 0 aromatic heterocycles. The largest absolute Gasteiger partial charge is 0.489 e. The van der Waals surface area contributed by atoms with E-state index in [0.29, 0.717) is 50.5 Å². The smallest absolute Gasteiger partial charge is 0.243 e. The highest BCUT2D eigenvalue weighted by molar-refractivity contribution is 7.89. The van der Waals surface area contributed by atoms with Crippen LogP contribution in [-0.4, -0.2) is 68.3 Å². The molecule has 0 unspecified atom stereocenters. The first kappa shape index (κ1) is 24.5. The van der Waals surface area contributed by atoms with Gasteiger partial charge in [-0.1, -0.05) is 6.42 Å². The Hall–Kier alpha value is -2.17. The standard InChI is InChI=1S/C22H34N4O5S/c1-16(2)31-20-7-6-18(32(29,30)26-10-4-3-5-11-26)14-19(20)24-21(27)15-25-12-8-17(9-13-25)22(23)28/h6-7,14,16-17H,3-5,8-13,15H2,1-2H3,(H2,23,28)(H,24,27). The second kappa shape index (κ2) is 10.6. The van der Waals surface area contributed by atoms with Gasteiger partial charge in [-0.25, -0.2) is 8.42 Å². The molecule has 2 saturated heterocycles. The second-order valence-corrected chi connectivity index (χ2v) is 10.7. The fraction of sp³-hybridized carbons (Fsp3) is 0.636. The highest BCUT2D eigenvalue weighted by atomic mass is 32.2. The van der Waals surface area contributed by atoms with E-state index in [4.69, 9.17) is 10.5 Å². The summed E-state index contributed by atoms with van der Waals surface area (Å²) in [6.07, 6.45) is 3.86. The summed E-state index contributed by atoms with van der Waals surface area (Å²) in [5.74, 6) is -0.268. The van der Waals surface area contributed by atoms with Crippen LogP contribution in [-0.2, 0) is 19.6 Å². The van der Waals surface area contributed by atoms with E-state index < -0.39 is 10.0 Å². The van der Waals surface area contributed by atoms with Crippen molar-refractivity contribution in [3.8, 4) is 5.75 Å². The van der Waals surface area contributed by atoms with Crippen LogP contribution in [0.2, 0.25) is 0 Å². The molecule has 2 aliphatic rings. The number of likely N-dealkylation sites (tertiary alicyclic amines) is 1. The number of anilines is 1. The zero-order valence-electron chi connectivity index (χ0n) is 18.9. The summed E-state index contributed by atoms with van der Waals surface area (Å²) < 4.78 is 33.5. The third-order valence-corrected chi connectivity index (χ3v) is 7.79. The predicted molar refractivity (Wildman–Crippen MR) is 122 cm³/mol. The number of nitrogens with two attached hydrogens (primary N) is 1. The Morgan fingerprint density at radius 1 is 1.12 bits per heavy atom. The van der Waals surface area contributed by atoms with Gasteiger partial charge < -0.3 is 15.8 Å². The number of sulfonamides is 1. The van der Waals surface area contributed by atoms with E-state index in [-0.39, 0.29) is 35.3 Å². The van der Waals surface area contributed by atoms with E-state index in [9.17, 15) is 18.0 Å². The molecule has 2 fully saturated rings. The molecule has 0 bridgehead atoms. The van der Waals surface area contributed by atoms with Gasteiger partial charge in [0.15, 0.2) is 0 Å². The highest BCUT2D eigenvalue weighted by Crippen LogP contribution is 2.31. The van der Waals surface area contributed by atoms with Gasteiger partial charge >= 0.3 is 0 Å². The molecule has 0 atom stereocenters. The number of primary amides is 1. The molecule has 178 valence electrons. The first-order valence-corrected chi connectivity index (χ1v) is 12.7. The van der Waals surface area contributed by atoms with E-state index in [1.54, 1.807) is 6.07 Å². The van der Waals surface area contributed by atoms with Crippen LogP contribution in [0, 0.1) is 5.92 Å². The summed E-state index contributed by atoms with van der Waals surface area (Å²) in [4.78, 5) is 26.2. The SMILES string of the molecule is CC(C)Oc1ccc(S(=O)(=O)N2CCCCC2)cc1NC(=O)CN1CCC(C(N)=O)CC1. The van der Waals surface area contributed by atoms with Crippen molar-refractivity contribution in [1.29, 1.82) is 0 Å². The molecule has 0 saturated carbocycles. The maximum absolute atomic E-state index is 13.1. The molecule has 0 aliphatic carbocycles. The normalized spacial score (nSPS) is 19.1. The number of ether oxygens (including phenoxy) is 1. The molecular formula is C22H34N4O5S. The van der Waals surface area contributed by atoms with Crippen molar-refractivity contribution in [1.82, 2.24) is 9.21 Å². The third kappa shape index (κ3) is 6.20. The number of carbonyl (C=O) groups is 2. The monoisotopic (exact) mass is 466 g/mol. The molecule has 2 amide bonds. The first-order chi connectivity index (χ1) is 15.2. The van der Waals surface area contributed by atoms with Crippen LogP contribution in [0.1, 0.15) is 46.0 Å². The maximum Gasteiger partial charge on any atom is 0.243 e. The number of piperidine rings is 2. The van der Waals surface area contributed by atoms with Gasteiger partial charge in [0.2, 0.25) is 21.8 Å². The molecule has 2 heterocycles. The van der Waals surface area contributed by atoms with Crippen molar-refractivity contribution in [2.24, 2.45) is 11.7 Å². The average molecular weight is 467 g/mol. The number of rotatable bonds is 8. The fourth-order valence-electron chi connectivity index (χ4n) is 4.15. The highest BCUT2D eigenvalue weighted by Gasteiger charge is 2.28. The Morgan fingerprint density at radius 3 is 2.38 bits per heavy atom. The van der Waals surface area contributed by atoms with Crippen LogP contribution in [0.5, 0.6) is 5.75 Å². The van der Waals surface area contributed by atoms with Gasteiger partial charge in [0.1, 0.15) is 5.75 Å². The Bertz CT molecular complexity index is 920. The molecule has 1 aromatic carbocycles. The van der Waals surface area contributed by atoms with E-state index in [1.807, 2.05) is 18.7 Å². The number of hydrogen-bond acceptors (Lipinski definition) is 6. The number of nitrogens with zero attached hydrogens (tertiary/aromatic N) is 2. The first-order valence-electron chi connectivity index (χ1n) is 11.3. The minimum atomic E-state index is -3.63. The van der Waals surface area contributed by atoms with Crippen molar-refractivity contribution in [2.45, 2.75) is 57.0 Å². The Morgan fingerprint density at radius 2 is 1.78 bits per heavy atom. The summed E-state index contributed by atoms with van der Waals surface area (Å²) in [5.41, 5.74) is 5.71. The van der Waals surface area contributed by atoms with Gasteiger partial charge in [0, 0.05) is 19.0 Å². The van der Waals surface area contributed by atoms with Crippen molar-refractivity contribution in [3.63, 3.8) is 0 Å². The molecule has 0 spiro atoms. The van der Waals surface area contributed by atoms with E-state index >= 15 is 0 Å². The van der Waals surface area contributed by atoms with Crippen molar-refractivity contribution in [3.05, 3.63) is 18.2 Å². The van der Waals surface area contributed by atoms with Crippen LogP contribution >= 0.6 is 0 Å². The number of nitrogens with one attached hydrogen (secondary N) is 1. The predicted octanol–water partition coefficient (Wildman–Crippen LogP) is 1.78. The number of hydrogen-bond donors (Lipinski definition) is 2. The molecule has 10 heteroatoms. The molecule has 1 aromatic rings. The summed E-state index contributed by atoms with van der Waals surface area (Å²) in [5, 5.41) is 2.83. The fourth-order valence-corrected chi connectivity index (χ4v) is 5.69. The summed E-state index contributed by atoms with van der Waals surface area (Å²) >= 11 is 0. The zero-order chi connectivity index (χ0) is 23.3. The Kier molecular flexibility index (Phi) is 8.13. The van der Waals surface area contributed by atoms with Crippen LogP contribution in [0.15, 0.2) is 23.1 Å². The van der Waals surface area contributed by atoms with Crippen LogP contribution < -0.4 is 15.8 Å². The minimum Gasteiger partial charge on any atom is -0.489 e. The van der Waals surface area contributed by atoms with Gasteiger partial charge in [0.05, 0.1) is 23.2 Å². The van der Waals surface area contributed by atoms with Crippen molar-refractivity contribution in [2.75, 3.05) is 38.0 Å². The topological polar surface area (TPSA) is 122 Å². The zero-order valence-corrected chi connectivity index (χ0v) is 19.7. The number of carbonyl (C=O) groups excluding carboxylic acids is 2. The van der Waals surface area contributed by atoms with Gasteiger partial charge in [-0.05, 0) is 70.8 Å². The van der Waals surface area contributed by atoms with Gasteiger partial charge in [-0.2, -0.15) is 4.31 Å². The Labute approximate surface area is 190 Å². The van der Waals surface area contributed by atoms with Crippen molar-refractivity contribution >= 4 is 27.5 Å². The van der Waals surface area contributed by atoms with Gasteiger partial charge in [0.25, 0.3) is 0 Å². The molecule has 3 rings (SSSR count).